The molecule has 19 heavy (non-hydrogen) atoms. The maximum atomic E-state index is 12.0. The predicted octanol–water partition coefficient (Wildman–Crippen LogP) is 2.14. The van der Waals surface area contributed by atoms with Gasteiger partial charge < -0.3 is 10.1 Å². The smallest absolute Gasteiger partial charge is 0.287 e. The molecule has 1 aromatic heterocycles. The first-order valence-electron chi connectivity index (χ1n) is 6.56. The molecule has 1 saturated carbocycles. The van der Waals surface area contributed by atoms with Crippen LogP contribution in [0.2, 0.25) is 5.02 Å². The van der Waals surface area contributed by atoms with Crippen molar-refractivity contribution >= 4 is 17.3 Å². The molecular weight excluding hydrogens is 266 g/mol. The molecule has 6 heteroatoms. The molecule has 1 heterocycles. The molecule has 0 spiro atoms. The summed E-state index contributed by atoms with van der Waals surface area (Å²) in [7, 11) is 1.71. The van der Waals surface area contributed by atoms with Crippen LogP contribution in [0.3, 0.4) is 0 Å². The van der Waals surface area contributed by atoms with Crippen molar-refractivity contribution in [3.05, 3.63) is 21.6 Å². The van der Waals surface area contributed by atoms with Crippen LogP contribution >= 0.6 is 11.6 Å². The van der Waals surface area contributed by atoms with E-state index in [1.165, 1.54) is 4.68 Å². The first-order valence-corrected chi connectivity index (χ1v) is 6.94. The van der Waals surface area contributed by atoms with Gasteiger partial charge in [0.2, 0.25) is 0 Å². The molecule has 0 aromatic carbocycles. The van der Waals surface area contributed by atoms with Gasteiger partial charge in [0.05, 0.1) is 18.0 Å². The zero-order chi connectivity index (χ0) is 14.0. The Morgan fingerprint density at radius 2 is 2.26 bits per heavy atom. The molecule has 1 aromatic rings. The normalized spacial score (nSPS) is 22.4. The quantitative estimate of drug-likeness (QED) is 0.900. The van der Waals surface area contributed by atoms with Gasteiger partial charge in [0, 0.05) is 19.7 Å². The zero-order valence-electron chi connectivity index (χ0n) is 11.5. The first-order chi connectivity index (χ1) is 9.01. The maximum absolute atomic E-state index is 12.0. The van der Waals surface area contributed by atoms with Crippen LogP contribution in [0.1, 0.15) is 26.7 Å². The lowest BCUT2D eigenvalue weighted by Gasteiger charge is -2.35. The van der Waals surface area contributed by atoms with E-state index in [9.17, 15) is 4.79 Å². The topological polar surface area (TPSA) is 56.1 Å². The van der Waals surface area contributed by atoms with E-state index in [-0.39, 0.29) is 10.6 Å². The fourth-order valence-corrected chi connectivity index (χ4v) is 2.34. The van der Waals surface area contributed by atoms with E-state index in [1.807, 2.05) is 13.8 Å². The molecule has 1 aliphatic rings. The van der Waals surface area contributed by atoms with Crippen molar-refractivity contribution in [1.82, 2.24) is 9.78 Å². The highest BCUT2D eigenvalue weighted by Gasteiger charge is 2.29. The number of ether oxygens (including phenoxy) is 1. The van der Waals surface area contributed by atoms with E-state index in [1.54, 1.807) is 13.3 Å². The summed E-state index contributed by atoms with van der Waals surface area (Å²) in [5.74, 6) is 0.356. The number of methoxy groups -OCH3 is 1. The Labute approximate surface area is 117 Å². The van der Waals surface area contributed by atoms with E-state index in [0.717, 1.165) is 12.8 Å². The van der Waals surface area contributed by atoms with Crippen LogP contribution in [0.5, 0.6) is 0 Å². The van der Waals surface area contributed by atoms with Crippen molar-refractivity contribution in [1.29, 1.82) is 0 Å². The molecule has 1 fully saturated rings. The van der Waals surface area contributed by atoms with Gasteiger partial charge in [-0.25, -0.2) is 4.68 Å². The van der Waals surface area contributed by atoms with Crippen LogP contribution in [0, 0.1) is 5.92 Å². The maximum Gasteiger partial charge on any atom is 0.287 e. The fraction of sp³-hybridized carbons (Fsp3) is 0.692. The summed E-state index contributed by atoms with van der Waals surface area (Å²) in [6, 6.07) is 0.310. The summed E-state index contributed by atoms with van der Waals surface area (Å²) < 4.78 is 6.63. The Bertz CT molecular complexity index is 495. The lowest BCUT2D eigenvalue weighted by molar-refractivity contribution is 0.0328. The molecule has 106 valence electrons. The largest absolute Gasteiger partial charge is 0.381 e. The molecular formula is C13H20ClN3O2. The third-order valence-corrected chi connectivity index (χ3v) is 3.68. The molecule has 1 N–H and O–H groups in total. The van der Waals surface area contributed by atoms with Crippen LogP contribution in [0.15, 0.2) is 11.0 Å². The van der Waals surface area contributed by atoms with Gasteiger partial charge >= 0.3 is 0 Å². The zero-order valence-corrected chi connectivity index (χ0v) is 12.3. The molecule has 5 nitrogen and oxygen atoms in total. The average molecular weight is 286 g/mol. The van der Waals surface area contributed by atoms with E-state index >= 15 is 0 Å². The van der Waals surface area contributed by atoms with Crippen LogP contribution in [0.25, 0.3) is 0 Å². The SMILES string of the molecule is COC1CC(Nc2cnn(CC(C)C)c(=O)c2Cl)C1. The van der Waals surface area contributed by atoms with Crippen molar-refractivity contribution < 1.29 is 4.74 Å². The molecule has 0 bridgehead atoms. The molecule has 0 unspecified atom stereocenters. The number of hydrogen-bond donors (Lipinski definition) is 1. The minimum atomic E-state index is -0.233. The second-order valence-electron chi connectivity index (χ2n) is 5.42. The number of hydrogen-bond acceptors (Lipinski definition) is 4. The highest BCUT2D eigenvalue weighted by molar-refractivity contribution is 6.32. The highest BCUT2D eigenvalue weighted by Crippen LogP contribution is 2.27. The molecule has 0 radical (unpaired) electrons. The average Bonchev–Trinajstić information content (AvgIpc) is 2.31. The Morgan fingerprint density at radius 1 is 1.58 bits per heavy atom. The minimum Gasteiger partial charge on any atom is -0.381 e. The second kappa shape index (κ2) is 5.92. The number of rotatable bonds is 5. The van der Waals surface area contributed by atoms with E-state index in [4.69, 9.17) is 16.3 Å². The van der Waals surface area contributed by atoms with Gasteiger partial charge in [-0.1, -0.05) is 25.4 Å². The van der Waals surface area contributed by atoms with Crippen LogP contribution in [-0.4, -0.2) is 29.0 Å². The lowest BCUT2D eigenvalue weighted by atomic mass is 9.89. The van der Waals surface area contributed by atoms with Gasteiger partial charge in [0.15, 0.2) is 0 Å². The molecule has 0 atom stereocenters. The number of anilines is 1. The summed E-state index contributed by atoms with van der Waals surface area (Å²) >= 11 is 6.11. The van der Waals surface area contributed by atoms with E-state index in [2.05, 4.69) is 10.4 Å². The van der Waals surface area contributed by atoms with Gasteiger partial charge in [-0.3, -0.25) is 4.79 Å². The van der Waals surface area contributed by atoms with E-state index in [0.29, 0.717) is 30.3 Å². The molecule has 0 saturated heterocycles. The monoisotopic (exact) mass is 285 g/mol. The highest BCUT2D eigenvalue weighted by atomic mass is 35.5. The summed E-state index contributed by atoms with van der Waals surface area (Å²) in [6.45, 7) is 4.65. The Kier molecular flexibility index (Phi) is 4.47. The van der Waals surface area contributed by atoms with Gasteiger partial charge in [0.1, 0.15) is 5.02 Å². The van der Waals surface area contributed by atoms with Gasteiger partial charge in [-0.2, -0.15) is 5.10 Å². The second-order valence-corrected chi connectivity index (χ2v) is 5.80. The van der Waals surface area contributed by atoms with Crippen molar-refractivity contribution in [2.45, 2.75) is 45.4 Å². The first kappa shape index (κ1) is 14.3. The predicted molar refractivity (Wildman–Crippen MR) is 75.8 cm³/mol. The standard InChI is InChI=1S/C13H20ClN3O2/c1-8(2)7-17-13(18)12(14)11(6-15-17)16-9-4-10(5-9)19-3/h6,8-10,16H,4-5,7H2,1-3H3. The van der Waals surface area contributed by atoms with E-state index < -0.39 is 0 Å². The molecule has 2 rings (SSSR count). The van der Waals surface area contributed by atoms with Crippen molar-refractivity contribution in [3.8, 4) is 0 Å². The van der Waals surface area contributed by atoms with Gasteiger partial charge in [-0.15, -0.1) is 0 Å². The Morgan fingerprint density at radius 3 is 2.84 bits per heavy atom. The van der Waals surface area contributed by atoms with Crippen molar-refractivity contribution in [2.24, 2.45) is 5.92 Å². The van der Waals surface area contributed by atoms with Crippen molar-refractivity contribution in [3.63, 3.8) is 0 Å². The number of nitrogens with one attached hydrogen (secondary N) is 1. The summed E-state index contributed by atoms with van der Waals surface area (Å²) in [5, 5.41) is 7.62. The third-order valence-electron chi connectivity index (χ3n) is 3.31. The number of nitrogens with zero attached hydrogens (tertiary/aromatic N) is 2. The number of halogens is 1. The van der Waals surface area contributed by atoms with Crippen LogP contribution < -0.4 is 10.9 Å². The van der Waals surface area contributed by atoms with Crippen molar-refractivity contribution in [2.75, 3.05) is 12.4 Å². The van der Waals surface area contributed by atoms with Crippen LogP contribution in [0.4, 0.5) is 5.69 Å². The summed E-state index contributed by atoms with van der Waals surface area (Å²) in [6.07, 6.45) is 3.81. The fourth-order valence-electron chi connectivity index (χ4n) is 2.14. The number of aromatic nitrogens is 2. The van der Waals surface area contributed by atoms with Crippen LogP contribution in [-0.2, 0) is 11.3 Å². The Balaban J connectivity index is 2.07. The summed E-state index contributed by atoms with van der Waals surface area (Å²) in [4.78, 5) is 12.0. The summed E-state index contributed by atoms with van der Waals surface area (Å²) in [5.41, 5.74) is 0.384. The minimum absolute atomic E-state index is 0.219. The van der Waals surface area contributed by atoms with Gasteiger partial charge in [-0.05, 0) is 18.8 Å². The lowest BCUT2D eigenvalue weighted by Crippen LogP contribution is -2.40. The molecule has 0 amide bonds. The molecule has 1 aliphatic carbocycles. The Hall–Kier alpha value is -1.07. The third kappa shape index (κ3) is 3.28. The molecule has 0 aliphatic heterocycles. The van der Waals surface area contributed by atoms with Gasteiger partial charge in [0.25, 0.3) is 5.56 Å².